The fraction of sp³-hybridized carbons (Fsp3) is 0.462. The van der Waals surface area contributed by atoms with Crippen molar-refractivity contribution < 1.29 is 0 Å². The van der Waals surface area contributed by atoms with E-state index in [2.05, 4.69) is 34.3 Å². The number of nitrogens with zero attached hydrogens (tertiary/aromatic N) is 1. The monoisotopic (exact) mass is 232 g/mol. The second-order valence-electron chi connectivity index (χ2n) is 4.57. The average Bonchev–Trinajstić information content (AvgIpc) is 2.76. The van der Waals surface area contributed by atoms with Gasteiger partial charge in [-0.05, 0) is 43.1 Å². The highest BCUT2D eigenvalue weighted by Crippen LogP contribution is 2.11. The average molecular weight is 232 g/mol. The van der Waals surface area contributed by atoms with E-state index in [1.54, 1.807) is 6.33 Å². The van der Waals surface area contributed by atoms with E-state index in [4.69, 9.17) is 5.73 Å². The van der Waals surface area contributed by atoms with Crippen molar-refractivity contribution >= 4 is 11.0 Å². The van der Waals surface area contributed by atoms with E-state index in [0.717, 1.165) is 37.1 Å². The van der Waals surface area contributed by atoms with E-state index >= 15 is 0 Å². The van der Waals surface area contributed by atoms with Gasteiger partial charge in [0.1, 0.15) is 0 Å². The smallest absolute Gasteiger partial charge is 0.0931 e. The van der Waals surface area contributed by atoms with Gasteiger partial charge in [-0.25, -0.2) is 4.98 Å². The molecule has 17 heavy (non-hydrogen) atoms. The Hall–Kier alpha value is -1.39. The summed E-state index contributed by atoms with van der Waals surface area (Å²) in [6.07, 6.45) is 2.80. The Labute approximate surface area is 102 Å². The van der Waals surface area contributed by atoms with Gasteiger partial charge >= 0.3 is 0 Å². The number of imidazole rings is 1. The number of hydrogen-bond acceptors (Lipinski definition) is 3. The van der Waals surface area contributed by atoms with Gasteiger partial charge in [-0.1, -0.05) is 13.0 Å². The van der Waals surface area contributed by atoms with Crippen molar-refractivity contribution in [3.05, 3.63) is 30.1 Å². The Kier molecular flexibility index (Phi) is 4.12. The van der Waals surface area contributed by atoms with E-state index in [9.17, 15) is 0 Å². The molecule has 0 saturated carbocycles. The van der Waals surface area contributed by atoms with Gasteiger partial charge in [0.25, 0.3) is 0 Å². The molecule has 92 valence electrons. The number of rotatable bonds is 6. The summed E-state index contributed by atoms with van der Waals surface area (Å²) in [5, 5.41) is 3.45. The minimum Gasteiger partial charge on any atom is -0.345 e. The molecular formula is C13H20N4. The van der Waals surface area contributed by atoms with E-state index in [1.807, 2.05) is 6.07 Å². The van der Waals surface area contributed by atoms with E-state index in [0.29, 0.717) is 5.92 Å². The fourth-order valence-corrected chi connectivity index (χ4v) is 1.94. The second-order valence-corrected chi connectivity index (χ2v) is 4.57. The van der Waals surface area contributed by atoms with Crippen molar-refractivity contribution in [1.29, 1.82) is 0 Å². The number of aromatic amines is 1. The maximum absolute atomic E-state index is 5.52. The van der Waals surface area contributed by atoms with Crippen molar-refractivity contribution in [3.8, 4) is 0 Å². The number of fused-ring (bicyclic) bond motifs is 1. The lowest BCUT2D eigenvalue weighted by molar-refractivity contribution is 0.487. The van der Waals surface area contributed by atoms with Crippen LogP contribution in [0.1, 0.15) is 18.9 Å². The molecule has 1 aromatic carbocycles. The lowest BCUT2D eigenvalue weighted by Gasteiger charge is -2.11. The molecule has 0 aliphatic heterocycles. The van der Waals surface area contributed by atoms with Crippen LogP contribution in [0.3, 0.4) is 0 Å². The molecule has 1 unspecified atom stereocenters. The summed E-state index contributed by atoms with van der Waals surface area (Å²) in [5.74, 6) is 0.635. The molecular weight excluding hydrogens is 212 g/mol. The number of nitrogens with two attached hydrogens (primary N) is 1. The molecule has 2 aromatic rings. The lowest BCUT2D eigenvalue weighted by atomic mass is 10.1. The Morgan fingerprint density at radius 3 is 3.18 bits per heavy atom. The zero-order chi connectivity index (χ0) is 12.1. The first-order valence-corrected chi connectivity index (χ1v) is 6.12. The van der Waals surface area contributed by atoms with E-state index in [1.165, 1.54) is 5.56 Å². The first kappa shape index (κ1) is 12.1. The van der Waals surface area contributed by atoms with Crippen LogP contribution in [0, 0.1) is 5.92 Å². The maximum Gasteiger partial charge on any atom is 0.0931 e. The van der Waals surface area contributed by atoms with E-state index in [-0.39, 0.29) is 0 Å². The minimum atomic E-state index is 0.635. The van der Waals surface area contributed by atoms with Crippen LogP contribution < -0.4 is 11.1 Å². The van der Waals surface area contributed by atoms with Crippen LogP contribution in [0.4, 0.5) is 0 Å². The van der Waals surface area contributed by atoms with Crippen LogP contribution in [-0.2, 0) is 6.54 Å². The predicted molar refractivity (Wildman–Crippen MR) is 70.6 cm³/mol. The van der Waals surface area contributed by atoms with Crippen molar-refractivity contribution in [1.82, 2.24) is 15.3 Å². The van der Waals surface area contributed by atoms with Crippen LogP contribution in [0.15, 0.2) is 24.5 Å². The Morgan fingerprint density at radius 2 is 2.35 bits per heavy atom. The molecule has 0 aliphatic rings. The highest BCUT2D eigenvalue weighted by molar-refractivity contribution is 5.74. The summed E-state index contributed by atoms with van der Waals surface area (Å²) >= 11 is 0. The van der Waals surface area contributed by atoms with Gasteiger partial charge in [0.15, 0.2) is 0 Å². The topological polar surface area (TPSA) is 66.7 Å². The molecule has 2 rings (SSSR count). The number of hydrogen-bond donors (Lipinski definition) is 3. The second kappa shape index (κ2) is 5.80. The van der Waals surface area contributed by atoms with Gasteiger partial charge in [-0.15, -0.1) is 0 Å². The normalized spacial score (nSPS) is 13.1. The summed E-state index contributed by atoms with van der Waals surface area (Å²) in [6, 6.07) is 6.30. The van der Waals surface area contributed by atoms with Gasteiger partial charge in [0, 0.05) is 6.54 Å². The number of benzene rings is 1. The molecule has 1 aromatic heterocycles. The standard InChI is InChI=1S/C13H20N4/c1-10(4-5-14)7-15-8-11-2-3-12-13(6-11)17-9-16-12/h2-3,6,9-10,15H,4-5,7-8,14H2,1H3,(H,16,17). The lowest BCUT2D eigenvalue weighted by Crippen LogP contribution is -2.22. The van der Waals surface area contributed by atoms with Crippen molar-refractivity contribution in [3.63, 3.8) is 0 Å². The van der Waals surface area contributed by atoms with Crippen LogP contribution in [0.2, 0.25) is 0 Å². The molecule has 0 amide bonds. The number of H-pyrrole nitrogens is 1. The summed E-state index contributed by atoms with van der Waals surface area (Å²) in [4.78, 5) is 7.33. The Bertz CT molecular complexity index is 463. The zero-order valence-electron chi connectivity index (χ0n) is 10.2. The molecule has 4 N–H and O–H groups in total. The maximum atomic E-state index is 5.52. The predicted octanol–water partition coefficient (Wildman–Crippen LogP) is 1.64. The summed E-state index contributed by atoms with van der Waals surface area (Å²) in [6.45, 7) is 4.89. The Balaban J connectivity index is 1.86. The third kappa shape index (κ3) is 3.28. The van der Waals surface area contributed by atoms with Crippen LogP contribution in [-0.4, -0.2) is 23.1 Å². The number of aromatic nitrogens is 2. The first-order chi connectivity index (χ1) is 8.29. The van der Waals surface area contributed by atoms with Gasteiger partial charge in [-0.2, -0.15) is 0 Å². The van der Waals surface area contributed by atoms with Crippen LogP contribution in [0.5, 0.6) is 0 Å². The molecule has 4 nitrogen and oxygen atoms in total. The van der Waals surface area contributed by atoms with E-state index < -0.39 is 0 Å². The summed E-state index contributed by atoms with van der Waals surface area (Å²) < 4.78 is 0. The summed E-state index contributed by atoms with van der Waals surface area (Å²) in [7, 11) is 0. The van der Waals surface area contributed by atoms with Crippen LogP contribution >= 0.6 is 0 Å². The fourth-order valence-electron chi connectivity index (χ4n) is 1.94. The van der Waals surface area contributed by atoms with Gasteiger partial charge < -0.3 is 16.0 Å². The molecule has 0 spiro atoms. The molecule has 0 aliphatic carbocycles. The van der Waals surface area contributed by atoms with Gasteiger partial charge in [0.2, 0.25) is 0 Å². The summed E-state index contributed by atoms with van der Waals surface area (Å²) in [5.41, 5.74) is 8.92. The zero-order valence-corrected chi connectivity index (χ0v) is 10.2. The van der Waals surface area contributed by atoms with Crippen molar-refractivity contribution in [2.45, 2.75) is 19.9 Å². The molecule has 0 radical (unpaired) electrons. The third-order valence-electron chi connectivity index (χ3n) is 2.97. The molecule has 4 heteroatoms. The quantitative estimate of drug-likeness (QED) is 0.709. The molecule has 1 heterocycles. The minimum absolute atomic E-state index is 0.635. The van der Waals surface area contributed by atoms with Crippen molar-refractivity contribution in [2.24, 2.45) is 11.7 Å². The van der Waals surface area contributed by atoms with Crippen molar-refractivity contribution in [2.75, 3.05) is 13.1 Å². The molecule has 1 atom stereocenters. The highest BCUT2D eigenvalue weighted by Gasteiger charge is 2.01. The van der Waals surface area contributed by atoms with Gasteiger partial charge in [-0.3, -0.25) is 0 Å². The molecule has 0 bridgehead atoms. The number of nitrogens with one attached hydrogen (secondary N) is 2. The molecule has 0 fully saturated rings. The largest absolute Gasteiger partial charge is 0.345 e. The Morgan fingerprint density at radius 1 is 1.47 bits per heavy atom. The highest BCUT2D eigenvalue weighted by atomic mass is 14.9. The van der Waals surface area contributed by atoms with Crippen LogP contribution in [0.25, 0.3) is 11.0 Å². The first-order valence-electron chi connectivity index (χ1n) is 6.12. The molecule has 0 saturated heterocycles. The van der Waals surface area contributed by atoms with Gasteiger partial charge in [0.05, 0.1) is 17.4 Å². The SMILES string of the molecule is CC(CCN)CNCc1ccc2nc[nH]c2c1. The third-order valence-corrected chi connectivity index (χ3v) is 2.97.